The van der Waals surface area contributed by atoms with Crippen molar-refractivity contribution in [1.82, 2.24) is 4.90 Å². The molecule has 0 radical (unpaired) electrons. The lowest BCUT2D eigenvalue weighted by molar-refractivity contribution is -0.115. The Morgan fingerprint density at radius 2 is 1.81 bits per heavy atom. The van der Waals surface area contributed by atoms with Crippen molar-refractivity contribution in [3.8, 4) is 0 Å². The van der Waals surface area contributed by atoms with Crippen LogP contribution < -0.4 is 11.1 Å². The van der Waals surface area contributed by atoms with Crippen LogP contribution in [0.15, 0.2) is 48.5 Å². The van der Waals surface area contributed by atoms with Gasteiger partial charge in [-0.1, -0.05) is 24.3 Å². The van der Waals surface area contributed by atoms with E-state index in [-0.39, 0.29) is 5.91 Å². The van der Waals surface area contributed by atoms with Crippen LogP contribution in [0.3, 0.4) is 0 Å². The Balaban J connectivity index is 1.93. The van der Waals surface area contributed by atoms with Crippen LogP contribution in [0.2, 0.25) is 0 Å². The topological polar surface area (TPSA) is 58.4 Å². The van der Waals surface area contributed by atoms with E-state index in [2.05, 4.69) is 10.2 Å². The van der Waals surface area contributed by atoms with Gasteiger partial charge in [0.2, 0.25) is 5.91 Å². The normalized spacial score (nSPS) is 10.6. The van der Waals surface area contributed by atoms with Gasteiger partial charge in [-0.3, -0.25) is 4.79 Å². The number of hydrogen-bond donors (Lipinski definition) is 2. The number of nitrogens with two attached hydrogens (primary N) is 1. The van der Waals surface area contributed by atoms with Gasteiger partial charge in [-0.2, -0.15) is 0 Å². The number of carbonyl (C=O) groups is 1. The first-order valence-electron chi connectivity index (χ1n) is 6.91. The van der Waals surface area contributed by atoms with E-state index in [1.807, 2.05) is 62.6 Å². The Labute approximate surface area is 125 Å². The number of amides is 1. The fourth-order valence-corrected chi connectivity index (χ4v) is 2.15. The molecule has 0 saturated heterocycles. The number of benzene rings is 2. The Morgan fingerprint density at radius 1 is 1.10 bits per heavy atom. The maximum absolute atomic E-state index is 12.0. The Morgan fingerprint density at radius 3 is 2.43 bits per heavy atom. The number of anilines is 2. The highest BCUT2D eigenvalue weighted by atomic mass is 16.1. The molecule has 0 aliphatic carbocycles. The van der Waals surface area contributed by atoms with Crippen molar-refractivity contribution in [3.05, 3.63) is 59.7 Å². The summed E-state index contributed by atoms with van der Waals surface area (Å²) in [4.78, 5) is 14.1. The average molecular weight is 283 g/mol. The molecule has 0 aliphatic heterocycles. The summed E-state index contributed by atoms with van der Waals surface area (Å²) in [6.45, 7) is 0.886. The maximum Gasteiger partial charge on any atom is 0.228 e. The third-order valence-electron chi connectivity index (χ3n) is 3.05. The number of nitrogens with zero attached hydrogens (tertiary/aromatic N) is 1. The van der Waals surface area contributed by atoms with Crippen LogP contribution in [0.25, 0.3) is 0 Å². The Kier molecular flexibility index (Phi) is 4.95. The first-order chi connectivity index (χ1) is 10.0. The lowest BCUT2D eigenvalue weighted by Crippen LogP contribution is -2.15. The van der Waals surface area contributed by atoms with Crippen molar-refractivity contribution in [2.75, 3.05) is 25.1 Å². The van der Waals surface area contributed by atoms with E-state index in [0.717, 1.165) is 17.8 Å². The highest BCUT2D eigenvalue weighted by Gasteiger charge is 2.04. The quantitative estimate of drug-likeness (QED) is 0.829. The highest BCUT2D eigenvalue weighted by Crippen LogP contribution is 2.12. The molecule has 3 N–H and O–H groups in total. The second-order valence-corrected chi connectivity index (χ2v) is 5.40. The Bertz CT molecular complexity index is 606. The summed E-state index contributed by atoms with van der Waals surface area (Å²) >= 11 is 0. The van der Waals surface area contributed by atoms with Gasteiger partial charge in [0.15, 0.2) is 0 Å². The van der Waals surface area contributed by atoms with E-state index >= 15 is 0 Å². The molecular formula is C17H21N3O. The molecule has 2 rings (SSSR count). The fraction of sp³-hybridized carbons (Fsp3) is 0.235. The molecule has 0 bridgehead atoms. The van der Waals surface area contributed by atoms with Crippen molar-refractivity contribution in [1.29, 1.82) is 0 Å². The number of rotatable bonds is 5. The molecule has 0 atom stereocenters. The van der Waals surface area contributed by atoms with Crippen molar-refractivity contribution in [2.24, 2.45) is 0 Å². The van der Waals surface area contributed by atoms with Crippen LogP contribution in [0.5, 0.6) is 0 Å². The molecule has 2 aromatic carbocycles. The van der Waals surface area contributed by atoms with Gasteiger partial charge in [0.25, 0.3) is 0 Å². The second-order valence-electron chi connectivity index (χ2n) is 5.40. The third kappa shape index (κ3) is 4.93. The third-order valence-corrected chi connectivity index (χ3v) is 3.05. The van der Waals surface area contributed by atoms with E-state index in [0.29, 0.717) is 12.1 Å². The summed E-state index contributed by atoms with van der Waals surface area (Å²) in [6.07, 6.45) is 0.324. The monoisotopic (exact) mass is 283 g/mol. The van der Waals surface area contributed by atoms with Crippen molar-refractivity contribution >= 4 is 17.3 Å². The zero-order valence-electron chi connectivity index (χ0n) is 12.5. The van der Waals surface area contributed by atoms with Gasteiger partial charge in [-0.25, -0.2) is 0 Å². The van der Waals surface area contributed by atoms with E-state index in [9.17, 15) is 4.79 Å². The minimum Gasteiger partial charge on any atom is -0.399 e. The molecule has 0 heterocycles. The van der Waals surface area contributed by atoms with Crippen LogP contribution in [-0.4, -0.2) is 24.9 Å². The highest BCUT2D eigenvalue weighted by molar-refractivity contribution is 5.92. The second kappa shape index (κ2) is 6.90. The molecule has 110 valence electrons. The molecule has 0 unspecified atom stereocenters. The summed E-state index contributed by atoms with van der Waals surface area (Å²) in [5.74, 6) is -0.0408. The molecule has 4 heteroatoms. The molecular weight excluding hydrogens is 262 g/mol. The van der Waals surface area contributed by atoms with Crippen molar-refractivity contribution < 1.29 is 4.79 Å². The van der Waals surface area contributed by atoms with Crippen LogP contribution in [-0.2, 0) is 17.8 Å². The fourth-order valence-electron chi connectivity index (χ4n) is 2.15. The largest absolute Gasteiger partial charge is 0.399 e. The van der Waals surface area contributed by atoms with Gasteiger partial charge >= 0.3 is 0 Å². The molecule has 1 amide bonds. The summed E-state index contributed by atoms with van der Waals surface area (Å²) in [5.41, 5.74) is 9.32. The number of nitrogen functional groups attached to an aromatic ring is 1. The molecule has 0 aliphatic rings. The number of carbonyl (C=O) groups excluding carboxylic acids is 1. The maximum atomic E-state index is 12.0. The van der Waals surface area contributed by atoms with Gasteiger partial charge < -0.3 is 16.0 Å². The van der Waals surface area contributed by atoms with Crippen molar-refractivity contribution in [2.45, 2.75) is 13.0 Å². The van der Waals surface area contributed by atoms with E-state index in [1.165, 1.54) is 5.56 Å². The van der Waals surface area contributed by atoms with Crippen molar-refractivity contribution in [3.63, 3.8) is 0 Å². The summed E-state index contributed by atoms with van der Waals surface area (Å²) in [6, 6.07) is 15.3. The zero-order chi connectivity index (χ0) is 15.2. The van der Waals surface area contributed by atoms with Gasteiger partial charge in [-0.15, -0.1) is 0 Å². The first-order valence-corrected chi connectivity index (χ1v) is 6.91. The summed E-state index contributed by atoms with van der Waals surface area (Å²) in [5, 5.41) is 2.90. The smallest absolute Gasteiger partial charge is 0.228 e. The van der Waals surface area contributed by atoms with Crippen LogP contribution >= 0.6 is 0 Å². The van der Waals surface area contributed by atoms with E-state index in [4.69, 9.17) is 5.73 Å². The van der Waals surface area contributed by atoms with E-state index in [1.54, 1.807) is 0 Å². The molecule has 2 aromatic rings. The standard InChI is InChI=1S/C17H21N3O/c1-20(2)12-13-6-8-16(9-7-13)19-17(21)11-14-4-3-5-15(18)10-14/h3-10H,11-12,18H2,1-2H3,(H,19,21). The summed E-state index contributed by atoms with van der Waals surface area (Å²) < 4.78 is 0. The van der Waals surface area contributed by atoms with Gasteiger partial charge in [0, 0.05) is 17.9 Å². The van der Waals surface area contributed by atoms with Crippen LogP contribution in [0, 0.1) is 0 Å². The number of nitrogens with one attached hydrogen (secondary N) is 1. The molecule has 21 heavy (non-hydrogen) atoms. The molecule has 0 saturated carbocycles. The molecule has 0 fully saturated rings. The lowest BCUT2D eigenvalue weighted by Gasteiger charge is -2.10. The summed E-state index contributed by atoms with van der Waals surface area (Å²) in [7, 11) is 4.06. The van der Waals surface area contributed by atoms with Crippen LogP contribution in [0.1, 0.15) is 11.1 Å². The predicted molar refractivity (Wildman–Crippen MR) is 87.0 cm³/mol. The molecule has 4 nitrogen and oxygen atoms in total. The molecule has 0 spiro atoms. The minimum atomic E-state index is -0.0408. The number of hydrogen-bond acceptors (Lipinski definition) is 3. The lowest BCUT2D eigenvalue weighted by atomic mass is 10.1. The van der Waals surface area contributed by atoms with Crippen LogP contribution in [0.4, 0.5) is 11.4 Å². The van der Waals surface area contributed by atoms with Gasteiger partial charge in [0.1, 0.15) is 0 Å². The zero-order valence-corrected chi connectivity index (χ0v) is 12.5. The molecule has 0 aromatic heterocycles. The van der Waals surface area contributed by atoms with Gasteiger partial charge in [-0.05, 0) is 49.5 Å². The minimum absolute atomic E-state index is 0.0408. The first kappa shape index (κ1) is 15.1. The van der Waals surface area contributed by atoms with E-state index < -0.39 is 0 Å². The SMILES string of the molecule is CN(C)Cc1ccc(NC(=O)Cc2cccc(N)c2)cc1. The average Bonchev–Trinajstić information content (AvgIpc) is 2.40. The van der Waals surface area contributed by atoms with Gasteiger partial charge in [0.05, 0.1) is 6.42 Å². The predicted octanol–water partition coefficient (Wildman–Crippen LogP) is 2.51. The Hall–Kier alpha value is -2.33.